The molecule has 0 amide bonds. The Balaban J connectivity index is 4.08. The molecular formula is C34H71NO4. The number of rotatable bonds is 33. The highest BCUT2D eigenvalue weighted by Crippen LogP contribution is 2.13. The van der Waals surface area contributed by atoms with Crippen LogP contribution in [0.3, 0.4) is 0 Å². The highest BCUT2D eigenvalue weighted by molar-refractivity contribution is 4.69. The van der Waals surface area contributed by atoms with E-state index in [0.717, 1.165) is 39.0 Å². The maximum absolute atomic E-state index is 10.6. The Morgan fingerprint density at radius 2 is 0.744 bits per heavy atom. The number of aliphatic hydroxyl groups is 2. The molecule has 0 radical (unpaired) electrons. The molecule has 0 saturated heterocycles. The van der Waals surface area contributed by atoms with Crippen molar-refractivity contribution in [2.24, 2.45) is 0 Å². The second kappa shape index (κ2) is 32.3. The number of hydrogen-bond donors (Lipinski definition) is 2. The summed E-state index contributed by atoms with van der Waals surface area (Å²) in [4.78, 5) is 2.22. The second-order valence-corrected chi connectivity index (χ2v) is 11.9. The zero-order chi connectivity index (χ0) is 28.7. The molecule has 236 valence electrons. The van der Waals surface area contributed by atoms with E-state index < -0.39 is 12.2 Å². The lowest BCUT2D eigenvalue weighted by Crippen LogP contribution is -2.41. The van der Waals surface area contributed by atoms with Crippen LogP contribution in [-0.4, -0.2) is 73.4 Å². The number of ether oxygens (including phenoxy) is 2. The Morgan fingerprint density at radius 3 is 1.10 bits per heavy atom. The molecule has 5 heteroatoms. The lowest BCUT2D eigenvalue weighted by atomic mass is 10.0. The van der Waals surface area contributed by atoms with Crippen LogP contribution in [0.4, 0.5) is 0 Å². The lowest BCUT2D eigenvalue weighted by Gasteiger charge is -2.27. The molecule has 2 N–H and O–H groups in total. The Labute approximate surface area is 244 Å². The molecule has 0 aromatic heterocycles. The van der Waals surface area contributed by atoms with Crippen molar-refractivity contribution in [3.63, 3.8) is 0 Å². The van der Waals surface area contributed by atoms with Crippen LogP contribution in [0.15, 0.2) is 0 Å². The maximum atomic E-state index is 10.6. The van der Waals surface area contributed by atoms with E-state index >= 15 is 0 Å². The molecule has 0 aliphatic carbocycles. The number of aliphatic hydroxyl groups excluding tert-OH is 2. The van der Waals surface area contributed by atoms with Crippen LogP contribution in [-0.2, 0) is 9.47 Å². The van der Waals surface area contributed by atoms with E-state index in [4.69, 9.17) is 9.47 Å². The number of unbranched alkanes of at least 4 members (excludes halogenated alkanes) is 19. The highest BCUT2D eigenvalue weighted by Gasteiger charge is 2.16. The lowest BCUT2D eigenvalue weighted by molar-refractivity contribution is -0.0113. The Bertz CT molecular complexity index is 427. The van der Waals surface area contributed by atoms with Gasteiger partial charge in [-0.25, -0.2) is 0 Å². The third kappa shape index (κ3) is 30.6. The smallest absolute Gasteiger partial charge is 0.0900 e. The van der Waals surface area contributed by atoms with Gasteiger partial charge in [0.05, 0.1) is 25.4 Å². The minimum atomic E-state index is -0.509. The summed E-state index contributed by atoms with van der Waals surface area (Å²) in [5.41, 5.74) is 0. The van der Waals surface area contributed by atoms with Crippen molar-refractivity contribution in [2.45, 2.75) is 174 Å². The molecule has 0 rings (SSSR count). The molecule has 0 aromatic carbocycles. The predicted octanol–water partition coefficient (Wildman–Crippen LogP) is 8.69. The van der Waals surface area contributed by atoms with E-state index in [1.807, 2.05) is 0 Å². The summed E-state index contributed by atoms with van der Waals surface area (Å²) in [5.74, 6) is 0. The van der Waals surface area contributed by atoms with Crippen molar-refractivity contribution in [1.82, 2.24) is 4.90 Å². The van der Waals surface area contributed by atoms with E-state index in [-0.39, 0.29) is 0 Å². The molecule has 0 aromatic rings. The van der Waals surface area contributed by atoms with Crippen LogP contribution < -0.4 is 0 Å². The first kappa shape index (κ1) is 38.8. The summed E-state index contributed by atoms with van der Waals surface area (Å²) in [6, 6.07) is 0. The van der Waals surface area contributed by atoms with Crippen LogP contribution >= 0.6 is 0 Å². The summed E-state index contributed by atoms with van der Waals surface area (Å²) in [6.45, 7) is 10.9. The average Bonchev–Trinajstić information content (AvgIpc) is 2.92. The molecule has 39 heavy (non-hydrogen) atoms. The van der Waals surface area contributed by atoms with E-state index in [2.05, 4.69) is 25.7 Å². The van der Waals surface area contributed by atoms with Gasteiger partial charge in [-0.05, 0) is 25.8 Å². The Morgan fingerprint density at radius 1 is 0.436 bits per heavy atom. The second-order valence-electron chi connectivity index (χ2n) is 11.9. The van der Waals surface area contributed by atoms with Crippen molar-refractivity contribution in [3.05, 3.63) is 0 Å². The van der Waals surface area contributed by atoms with Gasteiger partial charge in [0.1, 0.15) is 0 Å². The summed E-state index contributed by atoms with van der Waals surface area (Å²) >= 11 is 0. The first-order chi connectivity index (χ1) is 19.1. The third-order valence-electron chi connectivity index (χ3n) is 7.67. The normalized spacial score (nSPS) is 13.4. The SMILES string of the molecule is CCCCCCCCCCCCCCCCN(CC(O)COCCCCCC)CC(O)COCCCCCC. The van der Waals surface area contributed by atoms with Crippen molar-refractivity contribution < 1.29 is 19.7 Å². The highest BCUT2D eigenvalue weighted by atomic mass is 16.5. The zero-order valence-corrected chi connectivity index (χ0v) is 26.8. The molecule has 5 nitrogen and oxygen atoms in total. The summed E-state index contributed by atoms with van der Waals surface area (Å²) in [6.07, 6.45) is 27.4. The van der Waals surface area contributed by atoms with Gasteiger partial charge in [-0.15, -0.1) is 0 Å². The van der Waals surface area contributed by atoms with Gasteiger partial charge in [0.25, 0.3) is 0 Å². The van der Waals surface area contributed by atoms with Gasteiger partial charge in [-0.3, -0.25) is 4.90 Å². The number of hydrogen-bond acceptors (Lipinski definition) is 5. The van der Waals surface area contributed by atoms with Gasteiger partial charge in [-0.2, -0.15) is 0 Å². The molecule has 0 aliphatic heterocycles. The van der Waals surface area contributed by atoms with Crippen molar-refractivity contribution in [1.29, 1.82) is 0 Å². The van der Waals surface area contributed by atoms with Gasteiger partial charge >= 0.3 is 0 Å². The van der Waals surface area contributed by atoms with Gasteiger partial charge in [0.2, 0.25) is 0 Å². The van der Waals surface area contributed by atoms with Crippen molar-refractivity contribution >= 4 is 0 Å². The standard InChI is InChI=1S/C34H71NO4/c1-4-7-10-13-14-15-16-17-18-19-20-21-22-23-26-35(29-33(36)31-38-27-24-11-8-5-2)30-34(37)32-39-28-25-12-9-6-3/h33-34,36-37H,4-32H2,1-3H3. The van der Waals surface area contributed by atoms with E-state index in [1.165, 1.54) is 122 Å². The average molecular weight is 558 g/mol. The quantitative estimate of drug-likeness (QED) is 0.0790. The summed E-state index contributed by atoms with van der Waals surface area (Å²) in [5, 5.41) is 21.1. The van der Waals surface area contributed by atoms with Gasteiger partial charge in [-0.1, -0.05) is 143 Å². The molecule has 2 unspecified atom stereocenters. The first-order valence-corrected chi connectivity index (χ1v) is 17.4. The third-order valence-corrected chi connectivity index (χ3v) is 7.67. The monoisotopic (exact) mass is 558 g/mol. The summed E-state index contributed by atoms with van der Waals surface area (Å²) < 4.78 is 11.4. The van der Waals surface area contributed by atoms with E-state index in [0.29, 0.717) is 26.3 Å². The van der Waals surface area contributed by atoms with E-state index in [1.54, 1.807) is 0 Å². The fraction of sp³-hybridized carbons (Fsp3) is 1.00. The largest absolute Gasteiger partial charge is 0.389 e. The Kier molecular flexibility index (Phi) is 32.2. The van der Waals surface area contributed by atoms with Crippen molar-refractivity contribution in [3.8, 4) is 0 Å². The van der Waals surface area contributed by atoms with Gasteiger partial charge in [0, 0.05) is 26.3 Å². The Hall–Kier alpha value is -0.200. The fourth-order valence-corrected chi connectivity index (χ4v) is 5.19. The van der Waals surface area contributed by atoms with Gasteiger partial charge in [0.15, 0.2) is 0 Å². The molecule has 0 aliphatic rings. The zero-order valence-electron chi connectivity index (χ0n) is 26.8. The molecule has 2 atom stereocenters. The molecule has 0 heterocycles. The van der Waals surface area contributed by atoms with Crippen LogP contribution in [0.1, 0.15) is 162 Å². The summed E-state index contributed by atoms with van der Waals surface area (Å²) in [7, 11) is 0. The number of nitrogens with zero attached hydrogens (tertiary/aromatic N) is 1. The molecular weight excluding hydrogens is 486 g/mol. The molecule has 0 spiro atoms. The first-order valence-electron chi connectivity index (χ1n) is 17.4. The topological polar surface area (TPSA) is 62.2 Å². The maximum Gasteiger partial charge on any atom is 0.0900 e. The van der Waals surface area contributed by atoms with Gasteiger partial charge < -0.3 is 19.7 Å². The molecule has 0 saturated carbocycles. The van der Waals surface area contributed by atoms with Crippen LogP contribution in [0.2, 0.25) is 0 Å². The minimum Gasteiger partial charge on any atom is -0.389 e. The molecule has 0 bridgehead atoms. The minimum absolute atomic E-state index is 0.380. The van der Waals surface area contributed by atoms with Crippen LogP contribution in [0.25, 0.3) is 0 Å². The molecule has 0 fully saturated rings. The fourth-order valence-electron chi connectivity index (χ4n) is 5.19. The van der Waals surface area contributed by atoms with Crippen LogP contribution in [0, 0.1) is 0 Å². The predicted molar refractivity (Wildman–Crippen MR) is 169 cm³/mol. The van der Waals surface area contributed by atoms with E-state index in [9.17, 15) is 10.2 Å². The van der Waals surface area contributed by atoms with Crippen LogP contribution in [0.5, 0.6) is 0 Å². The van der Waals surface area contributed by atoms with Crippen molar-refractivity contribution in [2.75, 3.05) is 46.1 Å².